The van der Waals surface area contributed by atoms with Gasteiger partial charge in [0.2, 0.25) is 5.91 Å². The number of amides is 1. The van der Waals surface area contributed by atoms with E-state index < -0.39 is 12.2 Å². The minimum Gasteiger partial charge on any atom is -0.323 e. The highest BCUT2D eigenvalue weighted by molar-refractivity contribution is 5.79. The molecule has 0 aromatic rings. The van der Waals surface area contributed by atoms with Gasteiger partial charge in [-0.3, -0.25) is 4.79 Å². The van der Waals surface area contributed by atoms with Crippen LogP contribution in [0.5, 0.6) is 0 Å². The molecule has 0 bridgehead atoms. The normalized spacial score (nSPS) is 28.7. The Kier molecular flexibility index (Phi) is 5.78. The third-order valence-electron chi connectivity index (χ3n) is 4.37. The quantitative estimate of drug-likeness (QED) is 0.862. The van der Waals surface area contributed by atoms with Gasteiger partial charge < -0.3 is 10.2 Å². The number of carbonyl (C=O) groups excluding carboxylic acids is 1. The summed E-state index contributed by atoms with van der Waals surface area (Å²) in [7, 11) is 0. The highest BCUT2D eigenvalue weighted by Crippen LogP contribution is 2.20. The summed E-state index contributed by atoms with van der Waals surface area (Å²) in [6.07, 6.45) is 7.63. The number of halogens is 1. The molecule has 1 amide bonds. The fraction of sp³-hybridized carbons (Fsp3) is 0.867. The first-order chi connectivity index (χ1) is 9.70. The molecule has 2 aliphatic rings. The molecule has 0 aromatic heterocycles. The maximum Gasteiger partial charge on any atom is 0.237 e. The minimum atomic E-state index is -1.05. The average molecular weight is 281 g/mol. The molecule has 112 valence electrons. The molecular formula is C15H24FN3O. The van der Waals surface area contributed by atoms with Gasteiger partial charge in [-0.15, -0.1) is 0 Å². The Morgan fingerprint density at radius 2 is 1.90 bits per heavy atom. The molecule has 0 radical (unpaired) electrons. The van der Waals surface area contributed by atoms with Crippen molar-refractivity contribution in [1.29, 1.82) is 5.26 Å². The zero-order chi connectivity index (χ0) is 14.4. The van der Waals surface area contributed by atoms with Crippen LogP contribution in [0.25, 0.3) is 0 Å². The molecule has 0 unspecified atom stereocenters. The van der Waals surface area contributed by atoms with Gasteiger partial charge in [0, 0.05) is 12.5 Å². The first kappa shape index (κ1) is 15.2. The fourth-order valence-electron chi connectivity index (χ4n) is 3.18. The lowest BCUT2D eigenvalue weighted by molar-refractivity contribution is -0.130. The summed E-state index contributed by atoms with van der Waals surface area (Å²) in [5.74, 6) is -0.140. The molecule has 1 N–H and O–H groups in total. The fourth-order valence-corrected chi connectivity index (χ4v) is 3.18. The lowest BCUT2D eigenvalue weighted by atomic mass is 9.97. The number of nitrogens with zero attached hydrogens (tertiary/aromatic N) is 2. The molecule has 0 aromatic carbocycles. The van der Waals surface area contributed by atoms with Crippen molar-refractivity contribution < 1.29 is 9.18 Å². The topological polar surface area (TPSA) is 56.1 Å². The molecule has 1 saturated carbocycles. The first-order valence-electron chi connectivity index (χ1n) is 7.77. The molecule has 2 fully saturated rings. The summed E-state index contributed by atoms with van der Waals surface area (Å²) in [6.45, 7) is 0.305. The smallest absolute Gasteiger partial charge is 0.237 e. The van der Waals surface area contributed by atoms with Crippen molar-refractivity contribution in [3.05, 3.63) is 0 Å². The molecule has 1 heterocycles. The highest BCUT2D eigenvalue weighted by atomic mass is 19.1. The van der Waals surface area contributed by atoms with E-state index in [1.54, 1.807) is 0 Å². The Balaban J connectivity index is 1.77. The van der Waals surface area contributed by atoms with Gasteiger partial charge in [-0.1, -0.05) is 32.1 Å². The van der Waals surface area contributed by atoms with Crippen LogP contribution in [0.3, 0.4) is 0 Å². The van der Waals surface area contributed by atoms with E-state index >= 15 is 0 Å². The van der Waals surface area contributed by atoms with Gasteiger partial charge in [-0.2, -0.15) is 5.26 Å². The summed E-state index contributed by atoms with van der Waals surface area (Å²) in [6, 6.07) is 1.82. The predicted octanol–water partition coefficient (Wildman–Crippen LogP) is 2.15. The number of carbonyl (C=O) groups is 1. The number of rotatable bonds is 3. The van der Waals surface area contributed by atoms with E-state index in [4.69, 9.17) is 5.26 Å². The van der Waals surface area contributed by atoms with Crippen molar-refractivity contribution in [3.8, 4) is 6.07 Å². The van der Waals surface area contributed by atoms with Crippen LogP contribution < -0.4 is 5.32 Å². The number of alkyl halides is 1. The molecular weight excluding hydrogens is 257 g/mol. The number of nitriles is 1. The highest BCUT2D eigenvalue weighted by Gasteiger charge is 2.35. The molecule has 1 aliphatic heterocycles. The molecule has 1 aliphatic carbocycles. The molecule has 5 heteroatoms. The second-order valence-electron chi connectivity index (χ2n) is 5.95. The third-order valence-corrected chi connectivity index (χ3v) is 4.37. The molecule has 2 atom stereocenters. The summed E-state index contributed by atoms with van der Waals surface area (Å²) in [5, 5.41) is 12.3. The number of hydrogen-bond acceptors (Lipinski definition) is 3. The van der Waals surface area contributed by atoms with Crippen LogP contribution in [-0.4, -0.2) is 42.2 Å². The van der Waals surface area contributed by atoms with Crippen molar-refractivity contribution in [1.82, 2.24) is 10.2 Å². The van der Waals surface area contributed by atoms with Crippen LogP contribution in [-0.2, 0) is 4.79 Å². The Bertz CT molecular complexity index is 361. The Labute approximate surface area is 120 Å². The molecule has 0 spiro atoms. The van der Waals surface area contributed by atoms with Crippen molar-refractivity contribution >= 4 is 5.91 Å². The third kappa shape index (κ3) is 4.17. The van der Waals surface area contributed by atoms with E-state index in [1.807, 2.05) is 6.07 Å². The van der Waals surface area contributed by atoms with Crippen molar-refractivity contribution in [2.45, 2.75) is 69.6 Å². The maximum atomic E-state index is 13.3. The average Bonchev–Trinajstić information content (AvgIpc) is 2.78. The Morgan fingerprint density at radius 1 is 1.25 bits per heavy atom. The van der Waals surface area contributed by atoms with Crippen LogP contribution in [0.2, 0.25) is 0 Å². The number of likely N-dealkylation sites (tertiary alicyclic amines) is 1. The largest absolute Gasteiger partial charge is 0.323 e. The van der Waals surface area contributed by atoms with Crippen LogP contribution in [0, 0.1) is 11.3 Å². The van der Waals surface area contributed by atoms with Crippen LogP contribution in [0.4, 0.5) is 4.39 Å². The Hall–Kier alpha value is -1.15. The molecule has 1 saturated heterocycles. The lowest BCUT2D eigenvalue weighted by Crippen LogP contribution is -2.43. The van der Waals surface area contributed by atoms with Gasteiger partial charge >= 0.3 is 0 Å². The van der Waals surface area contributed by atoms with Gasteiger partial charge in [0.1, 0.15) is 12.2 Å². The first-order valence-corrected chi connectivity index (χ1v) is 7.77. The van der Waals surface area contributed by atoms with E-state index in [1.165, 1.54) is 37.0 Å². The van der Waals surface area contributed by atoms with Gasteiger partial charge in [-0.05, 0) is 12.8 Å². The second-order valence-corrected chi connectivity index (χ2v) is 5.95. The van der Waals surface area contributed by atoms with E-state index in [2.05, 4.69) is 5.32 Å². The molecule has 2 rings (SSSR count). The van der Waals surface area contributed by atoms with E-state index in [9.17, 15) is 9.18 Å². The predicted molar refractivity (Wildman–Crippen MR) is 74.7 cm³/mol. The second kappa shape index (κ2) is 7.58. The van der Waals surface area contributed by atoms with Crippen molar-refractivity contribution in [2.75, 3.05) is 13.1 Å². The maximum absolute atomic E-state index is 13.3. The monoisotopic (exact) mass is 281 g/mol. The van der Waals surface area contributed by atoms with Gasteiger partial charge in [0.05, 0.1) is 19.2 Å². The Morgan fingerprint density at radius 3 is 2.55 bits per heavy atom. The van der Waals surface area contributed by atoms with E-state index in [0.29, 0.717) is 6.04 Å². The molecule has 4 nitrogen and oxygen atoms in total. The summed E-state index contributed by atoms with van der Waals surface area (Å²) >= 11 is 0. The summed E-state index contributed by atoms with van der Waals surface area (Å²) in [5.41, 5.74) is 0. The lowest BCUT2D eigenvalue weighted by Gasteiger charge is -2.24. The zero-order valence-electron chi connectivity index (χ0n) is 12.0. The van der Waals surface area contributed by atoms with Crippen molar-refractivity contribution in [2.24, 2.45) is 0 Å². The standard InChI is InChI=1S/C15H24FN3O/c16-12-8-14(9-17)19(11-12)15(20)10-18-13-6-4-2-1-3-5-7-13/h12-14,18H,1-8,10-11H2/t12-,14-/m0/s1. The van der Waals surface area contributed by atoms with Gasteiger partial charge in [0.25, 0.3) is 0 Å². The zero-order valence-corrected chi connectivity index (χ0v) is 12.0. The summed E-state index contributed by atoms with van der Waals surface area (Å²) < 4.78 is 13.3. The van der Waals surface area contributed by atoms with E-state index in [-0.39, 0.29) is 25.4 Å². The van der Waals surface area contributed by atoms with E-state index in [0.717, 1.165) is 12.8 Å². The SMILES string of the molecule is N#C[C@@H]1C[C@H](F)CN1C(=O)CNC1CCCCCCC1. The minimum absolute atomic E-state index is 0.0728. The van der Waals surface area contributed by atoms with Gasteiger partial charge in [0.15, 0.2) is 0 Å². The van der Waals surface area contributed by atoms with Crippen LogP contribution in [0.1, 0.15) is 51.4 Å². The number of nitrogens with one attached hydrogen (secondary N) is 1. The van der Waals surface area contributed by atoms with Crippen LogP contribution in [0.15, 0.2) is 0 Å². The number of hydrogen-bond donors (Lipinski definition) is 1. The van der Waals surface area contributed by atoms with Gasteiger partial charge in [-0.25, -0.2) is 4.39 Å². The van der Waals surface area contributed by atoms with Crippen LogP contribution >= 0.6 is 0 Å². The molecule has 20 heavy (non-hydrogen) atoms. The van der Waals surface area contributed by atoms with Crippen molar-refractivity contribution in [3.63, 3.8) is 0 Å². The summed E-state index contributed by atoms with van der Waals surface area (Å²) in [4.78, 5) is 13.5.